The van der Waals surface area contributed by atoms with Crippen LogP contribution in [0.15, 0.2) is 36.4 Å². The number of benzene rings is 2. The van der Waals surface area contributed by atoms with Crippen molar-refractivity contribution in [3.05, 3.63) is 88.0 Å². The van der Waals surface area contributed by atoms with Crippen LogP contribution in [-0.4, -0.2) is 62.3 Å². The number of hydrogen-bond acceptors (Lipinski definition) is 14. The maximum absolute atomic E-state index is 12.9. The van der Waals surface area contributed by atoms with Crippen LogP contribution in [0.1, 0.15) is 54.3 Å². The minimum atomic E-state index is -1.16. The van der Waals surface area contributed by atoms with Gasteiger partial charge in [-0.1, -0.05) is 6.92 Å². The number of nitrogens with zero attached hydrogens (tertiary/aromatic N) is 4. The van der Waals surface area contributed by atoms with Crippen molar-refractivity contribution in [2.75, 3.05) is 13.2 Å². The van der Waals surface area contributed by atoms with Crippen LogP contribution in [0.4, 0.5) is 22.7 Å². The van der Waals surface area contributed by atoms with E-state index in [0.29, 0.717) is 25.0 Å². The number of hydrogen-bond donors (Lipinski definition) is 0. The molecule has 0 radical (unpaired) electrons. The average molecular weight is 619 g/mol. The predicted octanol–water partition coefficient (Wildman–Crippen LogP) is 4.27. The molecule has 2 aliphatic rings. The van der Waals surface area contributed by atoms with Crippen molar-refractivity contribution in [3.63, 3.8) is 0 Å². The van der Waals surface area contributed by atoms with Gasteiger partial charge in [-0.2, -0.15) is 0 Å². The lowest BCUT2D eigenvalue weighted by molar-refractivity contribution is -0.394. The number of esters is 2. The smallest absolute Gasteiger partial charge is 0.338 e. The van der Waals surface area contributed by atoms with Crippen molar-refractivity contribution >= 4 is 34.7 Å². The van der Waals surface area contributed by atoms with Gasteiger partial charge >= 0.3 is 11.9 Å². The van der Waals surface area contributed by atoms with E-state index in [1.54, 1.807) is 6.92 Å². The number of non-ortho nitro benzene ring substituents is 4. The highest BCUT2D eigenvalue weighted by atomic mass is 16.7. The summed E-state index contributed by atoms with van der Waals surface area (Å²) in [6, 6.07) is 4.73. The molecule has 0 unspecified atom stereocenters. The molecule has 4 rings (SSSR count). The van der Waals surface area contributed by atoms with E-state index in [-0.39, 0.29) is 6.61 Å². The molecule has 2 aliphatic heterocycles. The Morgan fingerprint density at radius 1 is 0.750 bits per heavy atom. The van der Waals surface area contributed by atoms with Gasteiger partial charge in [-0.05, 0) is 20.3 Å². The Labute approximate surface area is 247 Å². The summed E-state index contributed by atoms with van der Waals surface area (Å²) >= 11 is 0. The Balaban J connectivity index is 1.55. The zero-order chi connectivity index (χ0) is 32.6. The molecule has 2 fully saturated rings. The summed E-state index contributed by atoms with van der Waals surface area (Å²) in [5.74, 6) is -4.50. The van der Waals surface area contributed by atoms with Crippen molar-refractivity contribution in [1.82, 2.24) is 0 Å². The molecule has 0 aromatic heterocycles. The number of ether oxygens (including phenoxy) is 4. The first kappa shape index (κ1) is 31.8. The van der Waals surface area contributed by atoms with Crippen LogP contribution in [0.2, 0.25) is 0 Å². The topological polar surface area (TPSA) is 244 Å². The Kier molecular flexibility index (Phi) is 8.60. The van der Waals surface area contributed by atoms with Crippen molar-refractivity contribution in [2.24, 2.45) is 11.8 Å². The lowest BCUT2D eigenvalue weighted by Gasteiger charge is -2.31. The second-order valence-electron chi connectivity index (χ2n) is 11.0. The average Bonchev–Trinajstić information content (AvgIpc) is 3.42. The quantitative estimate of drug-likeness (QED) is 0.205. The molecule has 0 amide bonds. The van der Waals surface area contributed by atoms with Gasteiger partial charge < -0.3 is 18.9 Å². The summed E-state index contributed by atoms with van der Waals surface area (Å²) in [5, 5.41) is 44.9. The number of carbonyl (C=O) groups excluding carboxylic acids is 2. The summed E-state index contributed by atoms with van der Waals surface area (Å²) in [4.78, 5) is 67.0. The zero-order valence-electron chi connectivity index (χ0n) is 23.5. The van der Waals surface area contributed by atoms with Crippen LogP contribution in [0.5, 0.6) is 0 Å². The lowest BCUT2D eigenvalue weighted by Crippen LogP contribution is -2.38. The van der Waals surface area contributed by atoms with Gasteiger partial charge in [-0.3, -0.25) is 40.5 Å². The van der Waals surface area contributed by atoms with Crippen LogP contribution in [0.3, 0.4) is 0 Å². The van der Waals surface area contributed by atoms with Crippen molar-refractivity contribution < 1.29 is 48.2 Å². The first-order valence-electron chi connectivity index (χ1n) is 13.1. The molecule has 0 N–H and O–H groups in total. The summed E-state index contributed by atoms with van der Waals surface area (Å²) in [5.41, 5.74) is -4.20. The largest absolute Gasteiger partial charge is 0.462 e. The van der Waals surface area contributed by atoms with E-state index in [9.17, 15) is 50.0 Å². The molecule has 0 saturated carbocycles. The van der Waals surface area contributed by atoms with Gasteiger partial charge in [0.15, 0.2) is 5.79 Å². The molecule has 2 aromatic carbocycles. The molecule has 1 spiro atoms. The van der Waals surface area contributed by atoms with E-state index in [0.717, 1.165) is 24.3 Å². The first-order valence-corrected chi connectivity index (χ1v) is 13.1. The second kappa shape index (κ2) is 11.9. The fourth-order valence-corrected chi connectivity index (χ4v) is 5.30. The van der Waals surface area contributed by atoms with Crippen LogP contribution in [-0.2, 0) is 18.9 Å². The van der Waals surface area contributed by atoms with Crippen molar-refractivity contribution in [2.45, 2.75) is 51.1 Å². The molecule has 18 heteroatoms. The molecule has 2 saturated heterocycles. The molecule has 0 bridgehead atoms. The number of nitro benzene ring substituents is 4. The maximum Gasteiger partial charge on any atom is 0.338 e. The molecule has 18 nitrogen and oxygen atoms in total. The van der Waals surface area contributed by atoms with Gasteiger partial charge in [0, 0.05) is 42.5 Å². The maximum atomic E-state index is 12.9. The third-order valence-electron chi connectivity index (χ3n) is 7.59. The SMILES string of the molecule is C[C@H]1[C@H](COC(=O)c2cc([N+](=O)[O-])cc([N+](=O)[O-])c2)[C@H](COC(=O)c2cc([N+](=O)[O-])cc([N+](=O)[O-])c2)O[C@]12CCC(C)(C)O2. The Morgan fingerprint density at radius 3 is 1.52 bits per heavy atom. The van der Waals surface area contributed by atoms with Gasteiger partial charge in [0.25, 0.3) is 22.7 Å². The fraction of sp³-hybridized carbons (Fsp3) is 0.462. The van der Waals surface area contributed by atoms with Gasteiger partial charge in [0.05, 0.1) is 55.2 Å². The van der Waals surface area contributed by atoms with Crippen LogP contribution in [0.25, 0.3) is 0 Å². The summed E-state index contributed by atoms with van der Waals surface area (Å²) < 4.78 is 23.2. The lowest BCUT2D eigenvalue weighted by atomic mass is 9.86. The molecule has 0 aliphatic carbocycles. The minimum absolute atomic E-state index is 0.369. The first-order chi connectivity index (χ1) is 20.5. The van der Waals surface area contributed by atoms with Gasteiger partial charge in [-0.25, -0.2) is 9.59 Å². The highest BCUT2D eigenvalue weighted by Gasteiger charge is 2.59. The highest BCUT2D eigenvalue weighted by molar-refractivity contribution is 5.91. The molecule has 2 aromatic rings. The fourth-order valence-electron chi connectivity index (χ4n) is 5.30. The standard InChI is InChI=1S/C26H26N4O14/c1-14-21(12-41-23(31)15-6-17(27(33)34)10-18(7-15)28(35)36)22(43-26(14)5-4-25(2,3)44-26)13-42-24(32)16-8-19(29(37)38)11-20(9-16)30(39)40/h6-11,14,21-22H,4-5,12-13H2,1-3H3/t14-,21-,22-,26-/m0/s1. The van der Waals surface area contributed by atoms with Crippen LogP contribution in [0, 0.1) is 52.3 Å². The molecule has 2 heterocycles. The monoisotopic (exact) mass is 618 g/mol. The van der Waals surface area contributed by atoms with E-state index in [4.69, 9.17) is 18.9 Å². The Bertz CT molecular complexity index is 1490. The third-order valence-corrected chi connectivity index (χ3v) is 7.59. The predicted molar refractivity (Wildman–Crippen MR) is 145 cm³/mol. The summed E-state index contributed by atoms with van der Waals surface area (Å²) in [6.45, 7) is 4.64. The number of nitro groups is 4. The molecule has 4 atom stereocenters. The molecular weight excluding hydrogens is 592 g/mol. The number of rotatable bonds is 10. The second-order valence-corrected chi connectivity index (χ2v) is 11.0. The zero-order valence-corrected chi connectivity index (χ0v) is 23.5. The van der Waals surface area contributed by atoms with E-state index in [2.05, 4.69) is 0 Å². The number of carbonyl (C=O) groups is 2. The highest BCUT2D eigenvalue weighted by Crippen LogP contribution is 2.51. The van der Waals surface area contributed by atoms with Crippen LogP contribution >= 0.6 is 0 Å². The van der Waals surface area contributed by atoms with Crippen molar-refractivity contribution in [1.29, 1.82) is 0 Å². The summed E-state index contributed by atoms with van der Waals surface area (Å²) in [7, 11) is 0. The van der Waals surface area contributed by atoms with Crippen molar-refractivity contribution in [3.8, 4) is 0 Å². The van der Waals surface area contributed by atoms with E-state index in [1.165, 1.54) is 0 Å². The van der Waals surface area contributed by atoms with E-state index < -0.39 is 101 Å². The molecule has 234 valence electrons. The van der Waals surface area contributed by atoms with Crippen LogP contribution < -0.4 is 0 Å². The Morgan fingerprint density at radius 2 is 1.16 bits per heavy atom. The Hall–Kier alpha value is -5.10. The normalized spacial score (nSPS) is 23.7. The van der Waals surface area contributed by atoms with E-state index in [1.807, 2.05) is 13.8 Å². The molecular formula is C26H26N4O14. The molecule has 44 heavy (non-hydrogen) atoms. The van der Waals surface area contributed by atoms with Gasteiger partial charge in [0.1, 0.15) is 12.7 Å². The van der Waals surface area contributed by atoms with Gasteiger partial charge in [0.2, 0.25) is 0 Å². The van der Waals surface area contributed by atoms with E-state index >= 15 is 0 Å². The summed E-state index contributed by atoms with van der Waals surface area (Å²) in [6.07, 6.45) is 0.0821. The minimum Gasteiger partial charge on any atom is -0.462 e. The van der Waals surface area contributed by atoms with Gasteiger partial charge in [-0.15, -0.1) is 0 Å². The third kappa shape index (κ3) is 6.60.